The highest BCUT2D eigenvalue weighted by molar-refractivity contribution is 5.42. The van der Waals surface area contributed by atoms with Crippen LogP contribution in [-0.4, -0.2) is 25.1 Å². The lowest BCUT2D eigenvalue weighted by atomic mass is 10.0. The molecule has 0 aliphatic rings. The third-order valence-electron chi connectivity index (χ3n) is 6.95. The van der Waals surface area contributed by atoms with Crippen LogP contribution in [0.3, 0.4) is 0 Å². The minimum Gasteiger partial charge on any atom is -0.870 e. The van der Waals surface area contributed by atoms with Gasteiger partial charge in [0.1, 0.15) is 5.69 Å². The molecule has 0 bridgehead atoms. The van der Waals surface area contributed by atoms with Crippen LogP contribution in [0.4, 0.5) is 5.69 Å². The number of rotatable bonds is 20. The Labute approximate surface area is 189 Å². The quantitative estimate of drug-likeness (QED) is 0.153. The van der Waals surface area contributed by atoms with E-state index in [-0.39, 0.29) is 5.48 Å². The average molecular weight is 420 g/mol. The van der Waals surface area contributed by atoms with Crippen LogP contribution in [-0.2, 0) is 0 Å². The summed E-state index contributed by atoms with van der Waals surface area (Å²) in [5, 5.41) is 0. The van der Waals surface area contributed by atoms with Crippen molar-refractivity contribution < 1.29 is 5.48 Å². The van der Waals surface area contributed by atoms with Crippen LogP contribution in [0, 0.1) is 0 Å². The van der Waals surface area contributed by atoms with Gasteiger partial charge in [0.15, 0.2) is 0 Å². The Hall–Kier alpha value is -0.860. The van der Waals surface area contributed by atoms with Crippen molar-refractivity contribution in [2.45, 2.75) is 124 Å². The lowest BCUT2D eigenvalue weighted by Gasteiger charge is -2.36. The highest BCUT2D eigenvalue weighted by Gasteiger charge is 2.25. The van der Waals surface area contributed by atoms with Crippen molar-refractivity contribution in [3.63, 3.8) is 0 Å². The van der Waals surface area contributed by atoms with Crippen molar-refractivity contribution in [2.24, 2.45) is 0 Å². The summed E-state index contributed by atoms with van der Waals surface area (Å²) in [6.45, 7) is 10.7. The summed E-state index contributed by atoms with van der Waals surface area (Å²) >= 11 is 0. The van der Waals surface area contributed by atoms with E-state index < -0.39 is 0 Å². The van der Waals surface area contributed by atoms with Crippen molar-refractivity contribution in [1.82, 2.24) is 4.48 Å². The smallest absolute Gasteiger partial charge is 0.132 e. The normalized spacial score (nSPS) is 11.4. The number of quaternary nitrogens is 1. The maximum atomic E-state index is 2.35. The van der Waals surface area contributed by atoms with Gasteiger partial charge in [-0.15, -0.1) is 0 Å². The lowest BCUT2D eigenvalue weighted by Crippen LogP contribution is -2.49. The van der Waals surface area contributed by atoms with Crippen LogP contribution >= 0.6 is 0 Å². The summed E-state index contributed by atoms with van der Waals surface area (Å²) in [5.74, 6) is 0. The minimum atomic E-state index is 0. The van der Waals surface area contributed by atoms with Gasteiger partial charge in [-0.3, -0.25) is 4.48 Å². The monoisotopic (exact) mass is 419 g/mol. The van der Waals surface area contributed by atoms with Crippen molar-refractivity contribution >= 4 is 5.69 Å². The zero-order chi connectivity index (χ0) is 21.0. The van der Waals surface area contributed by atoms with Gasteiger partial charge < -0.3 is 5.48 Å². The van der Waals surface area contributed by atoms with Crippen molar-refractivity contribution in [3.05, 3.63) is 30.3 Å². The number of benzene rings is 1. The van der Waals surface area contributed by atoms with Gasteiger partial charge in [0.05, 0.1) is 19.6 Å². The predicted molar refractivity (Wildman–Crippen MR) is 136 cm³/mol. The Bertz CT molecular complexity index is 455. The number of hydrogen-bond donors (Lipinski definition) is 0. The minimum absolute atomic E-state index is 0. The van der Waals surface area contributed by atoms with Gasteiger partial charge in [0, 0.05) is 0 Å². The topological polar surface area (TPSA) is 30.0 Å². The van der Waals surface area contributed by atoms with Gasteiger partial charge >= 0.3 is 0 Å². The molecule has 0 saturated heterocycles. The first-order valence-electron chi connectivity index (χ1n) is 13.2. The maximum Gasteiger partial charge on any atom is 0.132 e. The molecule has 176 valence electrons. The first kappa shape index (κ1) is 29.1. The molecule has 0 aliphatic carbocycles. The molecule has 0 spiro atoms. The van der Waals surface area contributed by atoms with Crippen molar-refractivity contribution in [1.29, 1.82) is 0 Å². The summed E-state index contributed by atoms with van der Waals surface area (Å²) in [4.78, 5) is 0. The molecule has 0 aliphatic heterocycles. The number of para-hydroxylation sites is 1. The van der Waals surface area contributed by atoms with E-state index in [4.69, 9.17) is 0 Å². The maximum absolute atomic E-state index is 2.35. The molecule has 0 saturated carbocycles. The molecule has 30 heavy (non-hydrogen) atoms. The largest absolute Gasteiger partial charge is 0.870 e. The molecule has 0 radical (unpaired) electrons. The summed E-state index contributed by atoms with van der Waals surface area (Å²) in [5.41, 5.74) is 1.50. The summed E-state index contributed by atoms with van der Waals surface area (Å²) in [6.07, 6.45) is 23.1. The molecular weight excluding hydrogens is 366 g/mol. The second-order valence-corrected chi connectivity index (χ2v) is 9.14. The predicted octanol–water partition coefficient (Wildman–Crippen LogP) is 9.12. The molecule has 1 N–H and O–H groups in total. The molecule has 0 aromatic heterocycles. The van der Waals surface area contributed by atoms with Crippen LogP contribution < -0.4 is 4.48 Å². The molecular formula is C28H53NO. The van der Waals surface area contributed by atoms with Gasteiger partial charge in [-0.05, 0) is 38.8 Å². The fourth-order valence-electron chi connectivity index (χ4n) is 4.74. The highest BCUT2D eigenvalue weighted by Crippen LogP contribution is 2.24. The summed E-state index contributed by atoms with van der Waals surface area (Å²) < 4.78 is 1.15. The molecule has 0 fully saturated rings. The van der Waals surface area contributed by atoms with Crippen LogP contribution in [0.2, 0.25) is 0 Å². The molecule has 2 heteroatoms. The third-order valence-corrected chi connectivity index (χ3v) is 6.95. The van der Waals surface area contributed by atoms with Crippen molar-refractivity contribution in [2.75, 3.05) is 19.6 Å². The van der Waals surface area contributed by atoms with E-state index in [0.29, 0.717) is 0 Å². The molecule has 0 heterocycles. The fourth-order valence-corrected chi connectivity index (χ4v) is 4.74. The van der Waals surface area contributed by atoms with Crippen LogP contribution in [0.25, 0.3) is 0 Å². The average Bonchev–Trinajstić information content (AvgIpc) is 2.77. The van der Waals surface area contributed by atoms with E-state index in [2.05, 4.69) is 51.1 Å². The Kier molecular flexibility index (Phi) is 19.5. The van der Waals surface area contributed by atoms with Gasteiger partial charge in [0.25, 0.3) is 0 Å². The molecule has 1 rings (SSSR count). The molecule has 0 amide bonds. The third kappa shape index (κ3) is 12.7. The van der Waals surface area contributed by atoms with Gasteiger partial charge in [-0.1, -0.05) is 115 Å². The summed E-state index contributed by atoms with van der Waals surface area (Å²) in [7, 11) is 0. The van der Waals surface area contributed by atoms with Gasteiger partial charge in [0.2, 0.25) is 0 Å². The van der Waals surface area contributed by atoms with Crippen molar-refractivity contribution in [3.8, 4) is 0 Å². The van der Waals surface area contributed by atoms with E-state index >= 15 is 0 Å². The standard InChI is InChI=1S/C28H52N.H2O/c1-4-7-8-9-10-11-12-13-14-15-16-17-18-19-20-24-27-29(5-2,6-3)28-25-22-21-23-26-28;/h21-23,25-26H,4-20,24,27H2,1-3H3;1H2/q+1;/p-1. The SMILES string of the molecule is CCCCCCCCCCCCCCCCCC[N+](CC)(CC)c1ccccc1.[OH-]. The second-order valence-electron chi connectivity index (χ2n) is 9.14. The van der Waals surface area contributed by atoms with Crippen LogP contribution in [0.15, 0.2) is 30.3 Å². The highest BCUT2D eigenvalue weighted by atomic mass is 16.0. The fraction of sp³-hybridized carbons (Fsp3) is 0.786. The number of nitrogens with zero attached hydrogens (tertiary/aromatic N) is 1. The Balaban J connectivity index is 0.00000841. The van der Waals surface area contributed by atoms with E-state index in [9.17, 15) is 0 Å². The number of unbranched alkanes of at least 4 members (excludes halogenated alkanes) is 15. The zero-order valence-electron chi connectivity index (χ0n) is 20.7. The van der Waals surface area contributed by atoms with Crippen LogP contribution in [0.5, 0.6) is 0 Å². The first-order chi connectivity index (χ1) is 14.3. The molecule has 2 nitrogen and oxygen atoms in total. The Morgan fingerprint density at radius 2 is 0.867 bits per heavy atom. The first-order valence-corrected chi connectivity index (χ1v) is 13.2. The molecule has 1 aromatic carbocycles. The molecule has 0 atom stereocenters. The van der Waals surface area contributed by atoms with E-state index in [1.54, 1.807) is 0 Å². The lowest BCUT2D eigenvalue weighted by molar-refractivity contribution is 0.291. The van der Waals surface area contributed by atoms with E-state index in [1.807, 2.05) is 0 Å². The zero-order valence-corrected chi connectivity index (χ0v) is 20.7. The second kappa shape index (κ2) is 20.1. The number of hydrogen-bond acceptors (Lipinski definition) is 1. The Morgan fingerprint density at radius 3 is 1.23 bits per heavy atom. The molecule has 1 aromatic rings. The summed E-state index contributed by atoms with van der Waals surface area (Å²) in [6, 6.07) is 11.2. The van der Waals surface area contributed by atoms with E-state index in [0.717, 1.165) is 4.48 Å². The molecule has 0 unspecified atom stereocenters. The Morgan fingerprint density at radius 1 is 0.500 bits per heavy atom. The van der Waals surface area contributed by atoms with E-state index in [1.165, 1.54) is 128 Å². The van der Waals surface area contributed by atoms with Crippen LogP contribution in [0.1, 0.15) is 124 Å². The van der Waals surface area contributed by atoms with Gasteiger partial charge in [-0.25, -0.2) is 0 Å². The van der Waals surface area contributed by atoms with Gasteiger partial charge in [-0.2, -0.15) is 0 Å².